The van der Waals surface area contributed by atoms with Crippen molar-refractivity contribution in [2.45, 2.75) is 0 Å². The number of hydrogen-bond donors (Lipinski definition) is 2. The third-order valence-corrected chi connectivity index (χ3v) is 0.382. The summed E-state index contributed by atoms with van der Waals surface area (Å²) in [6.07, 6.45) is 0. The smallest absolute Gasteiger partial charge is 0.212 e. The Balaban J connectivity index is 3.32. The van der Waals surface area contributed by atoms with Crippen LogP contribution in [0.3, 0.4) is 0 Å². The van der Waals surface area contributed by atoms with E-state index in [9.17, 15) is 0 Å². The number of thiocarbonyl (C=S) groups is 1. The number of hydrogen-bond acceptors (Lipinski definition) is 2. The van der Waals surface area contributed by atoms with Crippen molar-refractivity contribution in [3.63, 3.8) is 0 Å². The molecule has 0 amide bonds. The van der Waals surface area contributed by atoms with Crippen molar-refractivity contribution < 1.29 is 0 Å². The second-order valence-corrected chi connectivity index (χ2v) is 1.76. The Kier molecular flexibility index (Phi) is 3.49. The second kappa shape index (κ2) is 3.73. The molecule has 0 rings (SSSR count). The quantitative estimate of drug-likeness (QED) is 0.140. The van der Waals surface area contributed by atoms with E-state index in [2.05, 4.69) is 40.4 Å². The highest BCUT2D eigenvalue weighted by Gasteiger charge is 1.79. The summed E-state index contributed by atoms with van der Waals surface area (Å²) in [6, 6.07) is 0. The van der Waals surface area contributed by atoms with Gasteiger partial charge in [0, 0.05) is 0 Å². The lowest BCUT2D eigenvalue weighted by atomic mass is 11.5. The molecule has 0 aliphatic heterocycles. The third-order valence-electron chi connectivity index (χ3n) is 0.190. The minimum absolute atomic E-state index is 0.165. The zero-order valence-electron chi connectivity index (χ0n) is 3.20. The lowest BCUT2D eigenvalue weighted by Gasteiger charge is -1.79. The average molecular weight is 134 g/mol. The summed E-state index contributed by atoms with van der Waals surface area (Å²) in [6.45, 7) is 0. The third kappa shape index (κ3) is 5.55. The second-order valence-electron chi connectivity index (χ2n) is 0.606. The van der Waals surface area contributed by atoms with E-state index in [0.717, 1.165) is 0 Å². The minimum atomic E-state index is 0.165. The zero-order chi connectivity index (χ0) is 5.70. The van der Waals surface area contributed by atoms with Gasteiger partial charge in [0.05, 0.1) is 0 Å². The molecule has 0 aromatic heterocycles. The first-order chi connectivity index (χ1) is 3.27. The number of nitrogens with one attached hydrogen (secondary N) is 1. The molecule has 0 heterocycles. The fourth-order valence-electron chi connectivity index (χ4n) is 0.0651. The van der Waals surface area contributed by atoms with Crippen LogP contribution in [-0.4, -0.2) is 4.32 Å². The summed E-state index contributed by atoms with van der Waals surface area (Å²) in [5.74, 6) is 0. The van der Waals surface area contributed by atoms with Crippen LogP contribution < -0.4 is 5.43 Å². The summed E-state index contributed by atoms with van der Waals surface area (Å²) < 4.78 is 0.165. The number of thiol groups is 1. The van der Waals surface area contributed by atoms with Crippen LogP contribution >= 0.6 is 24.8 Å². The fourth-order valence-corrected chi connectivity index (χ4v) is 0.151. The van der Waals surface area contributed by atoms with Crippen LogP contribution in [0.4, 0.5) is 0 Å². The van der Waals surface area contributed by atoms with Crippen LogP contribution in [0.15, 0.2) is 5.22 Å². The van der Waals surface area contributed by atoms with Crippen LogP contribution in [0.25, 0.3) is 10.4 Å². The lowest BCUT2D eigenvalue weighted by Crippen LogP contribution is -2.04. The van der Waals surface area contributed by atoms with Gasteiger partial charge in [0.1, 0.15) is 0 Å². The molecule has 0 bridgehead atoms. The molecule has 0 saturated heterocycles. The maximum Gasteiger partial charge on any atom is 0.225 e. The Labute approximate surface area is 50.9 Å². The molecule has 0 aromatic carbocycles. The van der Waals surface area contributed by atoms with E-state index >= 15 is 0 Å². The summed E-state index contributed by atoms with van der Waals surface area (Å²) in [7, 11) is 0. The molecular weight excluding hydrogens is 132 g/mol. The molecule has 38 valence electrons. The highest BCUT2D eigenvalue weighted by atomic mass is 32.1. The fraction of sp³-hybridized carbons (Fsp3) is 0. The normalized spacial score (nSPS) is 6.43. The van der Waals surface area contributed by atoms with Crippen molar-refractivity contribution in [3.8, 4) is 0 Å². The van der Waals surface area contributed by atoms with Crippen molar-refractivity contribution >= 4 is 29.2 Å². The van der Waals surface area contributed by atoms with Crippen LogP contribution in [-0.2, 0) is 0 Å². The molecule has 0 fully saturated rings. The maximum absolute atomic E-state index is 7.62. The SMILES string of the molecule is [N-]=[N+]=NNC(=S)S. The van der Waals surface area contributed by atoms with E-state index in [-0.39, 0.29) is 4.32 Å². The van der Waals surface area contributed by atoms with Crippen molar-refractivity contribution in [3.05, 3.63) is 10.4 Å². The zero-order valence-corrected chi connectivity index (χ0v) is 4.91. The molecular formula is CH2N4S2. The number of nitrogens with zero attached hydrogens (tertiary/aromatic N) is 3. The molecule has 0 aliphatic carbocycles. The van der Waals surface area contributed by atoms with E-state index in [1.807, 2.05) is 0 Å². The molecule has 1 N–H and O–H groups in total. The molecule has 0 spiro atoms. The molecule has 0 saturated carbocycles. The predicted octanol–water partition coefficient (Wildman–Crippen LogP) is 1.02. The lowest BCUT2D eigenvalue weighted by molar-refractivity contribution is 1.04. The first-order valence-corrected chi connectivity index (χ1v) is 2.16. The standard InChI is InChI=1S/CH2N4S2/c2-4-5-3-1(6)7/h(H2,3,6,7). The molecule has 0 radical (unpaired) electrons. The molecule has 0 unspecified atom stereocenters. The Morgan fingerprint density at radius 1 is 2.00 bits per heavy atom. The van der Waals surface area contributed by atoms with Gasteiger partial charge in [0.2, 0.25) is 4.32 Å². The minimum Gasteiger partial charge on any atom is -0.212 e. The van der Waals surface area contributed by atoms with Crippen molar-refractivity contribution in [2.75, 3.05) is 0 Å². The molecule has 0 aromatic rings. The van der Waals surface area contributed by atoms with Gasteiger partial charge in [-0.25, -0.2) is 5.43 Å². The highest BCUT2D eigenvalue weighted by Crippen LogP contribution is 1.74. The Morgan fingerprint density at radius 2 is 2.57 bits per heavy atom. The summed E-state index contributed by atoms with van der Waals surface area (Å²) in [5.41, 5.74) is 9.72. The highest BCUT2D eigenvalue weighted by molar-refractivity contribution is 8.11. The van der Waals surface area contributed by atoms with E-state index in [0.29, 0.717) is 0 Å². The molecule has 0 atom stereocenters. The first-order valence-electron chi connectivity index (χ1n) is 1.30. The average Bonchev–Trinajstić information content (AvgIpc) is 1.61. The van der Waals surface area contributed by atoms with Gasteiger partial charge in [0.25, 0.3) is 0 Å². The van der Waals surface area contributed by atoms with Gasteiger partial charge in [-0.1, -0.05) is 12.6 Å². The van der Waals surface area contributed by atoms with Gasteiger partial charge in [-0.05, 0) is 17.4 Å². The van der Waals surface area contributed by atoms with Crippen molar-refractivity contribution in [1.82, 2.24) is 5.43 Å². The van der Waals surface area contributed by atoms with Crippen LogP contribution in [0, 0.1) is 0 Å². The van der Waals surface area contributed by atoms with Gasteiger partial charge in [-0.3, -0.25) is 0 Å². The van der Waals surface area contributed by atoms with Crippen LogP contribution in [0.2, 0.25) is 0 Å². The summed E-state index contributed by atoms with van der Waals surface area (Å²) in [5, 5.41) is 2.88. The van der Waals surface area contributed by atoms with Gasteiger partial charge < -0.3 is 0 Å². The van der Waals surface area contributed by atoms with Gasteiger partial charge in [-0.15, -0.1) is 5.53 Å². The van der Waals surface area contributed by atoms with Crippen molar-refractivity contribution in [1.29, 1.82) is 0 Å². The molecule has 4 nitrogen and oxygen atoms in total. The monoisotopic (exact) mass is 134 g/mol. The van der Waals surface area contributed by atoms with Crippen LogP contribution in [0.5, 0.6) is 0 Å². The summed E-state index contributed by atoms with van der Waals surface area (Å²) >= 11 is 7.94. The van der Waals surface area contributed by atoms with E-state index < -0.39 is 0 Å². The molecule has 7 heavy (non-hydrogen) atoms. The maximum atomic E-state index is 7.62. The summed E-state index contributed by atoms with van der Waals surface area (Å²) in [4.78, 5) is 2.35. The number of azide groups is 1. The molecule has 6 heteroatoms. The molecule has 0 aliphatic rings. The van der Waals surface area contributed by atoms with Crippen molar-refractivity contribution in [2.24, 2.45) is 5.22 Å². The van der Waals surface area contributed by atoms with Crippen LogP contribution in [0.1, 0.15) is 0 Å². The number of rotatable bonds is 1. The van der Waals surface area contributed by atoms with Gasteiger partial charge in [-0.2, -0.15) is 4.91 Å². The van der Waals surface area contributed by atoms with E-state index in [1.165, 1.54) is 0 Å². The van der Waals surface area contributed by atoms with Gasteiger partial charge >= 0.3 is 0 Å². The largest absolute Gasteiger partial charge is 0.225 e. The predicted molar refractivity (Wildman–Crippen MR) is 33.9 cm³/mol. The topological polar surface area (TPSA) is 60.8 Å². The van der Waals surface area contributed by atoms with Gasteiger partial charge in [0.15, 0.2) is 0 Å². The van der Waals surface area contributed by atoms with E-state index in [1.54, 1.807) is 0 Å². The Morgan fingerprint density at radius 3 is 2.71 bits per heavy atom. The Bertz CT molecular complexity index is 113. The van der Waals surface area contributed by atoms with E-state index in [4.69, 9.17) is 5.53 Å². The first kappa shape index (κ1) is 6.55. The Hall–Kier alpha value is -0.450.